The molecule has 0 radical (unpaired) electrons. The van der Waals surface area contributed by atoms with Gasteiger partial charge in [-0.15, -0.1) is 0 Å². The summed E-state index contributed by atoms with van der Waals surface area (Å²) in [5.41, 5.74) is 0. The average Bonchev–Trinajstić information content (AvgIpc) is 2.28. The second-order valence-corrected chi connectivity index (χ2v) is 4.97. The number of ether oxygens (including phenoxy) is 1. The van der Waals surface area contributed by atoms with Crippen LogP contribution in [0, 0.1) is 17.8 Å². The predicted molar refractivity (Wildman–Crippen MR) is 63.3 cm³/mol. The van der Waals surface area contributed by atoms with Gasteiger partial charge in [-0.3, -0.25) is 4.79 Å². The van der Waals surface area contributed by atoms with Crippen LogP contribution in [0.4, 0.5) is 0 Å². The van der Waals surface area contributed by atoms with Crippen LogP contribution in [-0.4, -0.2) is 48.6 Å². The lowest BCUT2D eigenvalue weighted by Crippen LogP contribution is -2.56. The molecule has 5 nitrogen and oxygen atoms in total. The van der Waals surface area contributed by atoms with Crippen molar-refractivity contribution in [1.82, 2.24) is 5.32 Å². The first kappa shape index (κ1) is 14.4. The summed E-state index contributed by atoms with van der Waals surface area (Å²) >= 11 is 0. The number of hydrogen-bond acceptors (Lipinski definition) is 4. The predicted octanol–water partition coefficient (Wildman–Crippen LogP) is -0.237. The van der Waals surface area contributed by atoms with E-state index in [1.807, 2.05) is 6.92 Å². The Kier molecular flexibility index (Phi) is 5.36. The van der Waals surface area contributed by atoms with E-state index in [-0.39, 0.29) is 36.3 Å². The highest BCUT2D eigenvalue weighted by Gasteiger charge is 2.41. The molecule has 1 amide bonds. The standard InChI is InChI=1S/C12H23NO4/c1-7-9(5-14)4-10(6-17-3)11(12(7)16)13-8(2)15/h7,9-12,14,16H,4-6H2,1-3H3,(H,13,15). The van der Waals surface area contributed by atoms with Crippen molar-refractivity contribution in [3.8, 4) is 0 Å². The normalized spacial score (nSPS) is 37.8. The van der Waals surface area contributed by atoms with Crippen LogP contribution < -0.4 is 5.32 Å². The molecule has 1 aliphatic rings. The van der Waals surface area contributed by atoms with E-state index in [1.165, 1.54) is 6.92 Å². The van der Waals surface area contributed by atoms with E-state index in [1.54, 1.807) is 7.11 Å². The summed E-state index contributed by atoms with van der Waals surface area (Å²) in [5.74, 6) is -0.0582. The molecule has 0 saturated heterocycles. The average molecular weight is 245 g/mol. The summed E-state index contributed by atoms with van der Waals surface area (Å²) in [4.78, 5) is 11.2. The van der Waals surface area contributed by atoms with Crippen LogP contribution in [0.5, 0.6) is 0 Å². The van der Waals surface area contributed by atoms with E-state index < -0.39 is 6.10 Å². The van der Waals surface area contributed by atoms with E-state index in [0.29, 0.717) is 6.61 Å². The van der Waals surface area contributed by atoms with Gasteiger partial charge in [0, 0.05) is 26.6 Å². The van der Waals surface area contributed by atoms with Gasteiger partial charge in [0.1, 0.15) is 0 Å². The van der Waals surface area contributed by atoms with Gasteiger partial charge in [-0.05, 0) is 18.3 Å². The molecule has 1 aliphatic carbocycles. The fourth-order valence-corrected chi connectivity index (χ4v) is 2.70. The van der Waals surface area contributed by atoms with Crippen molar-refractivity contribution in [2.45, 2.75) is 32.4 Å². The minimum atomic E-state index is -0.634. The number of amides is 1. The van der Waals surface area contributed by atoms with Crippen molar-refractivity contribution in [2.24, 2.45) is 17.8 Å². The number of aliphatic hydroxyl groups excluding tert-OH is 2. The molecule has 5 atom stereocenters. The van der Waals surface area contributed by atoms with Crippen molar-refractivity contribution >= 4 is 5.91 Å². The number of rotatable bonds is 4. The summed E-state index contributed by atoms with van der Waals surface area (Å²) < 4.78 is 5.13. The minimum Gasteiger partial charge on any atom is -0.396 e. The zero-order valence-corrected chi connectivity index (χ0v) is 10.7. The number of hydrogen-bond donors (Lipinski definition) is 3. The number of carbonyl (C=O) groups is 1. The van der Waals surface area contributed by atoms with E-state index in [4.69, 9.17) is 4.74 Å². The Hall–Kier alpha value is -0.650. The highest BCUT2D eigenvalue weighted by atomic mass is 16.5. The Morgan fingerprint density at radius 3 is 2.59 bits per heavy atom. The van der Waals surface area contributed by atoms with E-state index in [2.05, 4.69) is 5.32 Å². The van der Waals surface area contributed by atoms with Crippen LogP contribution in [-0.2, 0) is 9.53 Å². The van der Waals surface area contributed by atoms with Gasteiger partial charge in [-0.2, -0.15) is 0 Å². The SMILES string of the molecule is COCC1CC(CO)C(C)C(O)C1NC(C)=O. The third-order valence-corrected chi connectivity index (χ3v) is 3.75. The van der Waals surface area contributed by atoms with Crippen molar-refractivity contribution in [1.29, 1.82) is 0 Å². The molecule has 5 heteroatoms. The lowest BCUT2D eigenvalue weighted by atomic mass is 9.70. The molecule has 3 N–H and O–H groups in total. The number of carbonyl (C=O) groups excluding carboxylic acids is 1. The largest absolute Gasteiger partial charge is 0.396 e. The van der Waals surface area contributed by atoms with Crippen LogP contribution in [0.1, 0.15) is 20.3 Å². The maximum absolute atomic E-state index is 11.2. The van der Waals surface area contributed by atoms with Crippen molar-refractivity contribution < 1.29 is 19.7 Å². The molecule has 5 unspecified atom stereocenters. The summed E-state index contributed by atoms with van der Waals surface area (Å²) in [7, 11) is 1.60. The Morgan fingerprint density at radius 1 is 1.47 bits per heavy atom. The number of methoxy groups -OCH3 is 1. The molecule has 0 aromatic heterocycles. The highest BCUT2D eigenvalue weighted by Crippen LogP contribution is 2.34. The number of aliphatic hydroxyl groups is 2. The van der Waals surface area contributed by atoms with Crippen molar-refractivity contribution in [2.75, 3.05) is 20.3 Å². The third-order valence-electron chi connectivity index (χ3n) is 3.75. The van der Waals surface area contributed by atoms with Gasteiger partial charge in [0.25, 0.3) is 0 Å². The summed E-state index contributed by atoms with van der Waals surface area (Å²) in [6.07, 6.45) is 0.123. The monoisotopic (exact) mass is 245 g/mol. The van der Waals surface area contributed by atoms with Crippen LogP contribution in [0.15, 0.2) is 0 Å². The molecule has 0 aliphatic heterocycles. The molecule has 0 spiro atoms. The number of nitrogens with one attached hydrogen (secondary N) is 1. The highest BCUT2D eigenvalue weighted by molar-refractivity contribution is 5.73. The van der Waals surface area contributed by atoms with Crippen molar-refractivity contribution in [3.63, 3.8) is 0 Å². The van der Waals surface area contributed by atoms with Gasteiger partial charge in [-0.25, -0.2) is 0 Å². The van der Waals surface area contributed by atoms with Crippen LogP contribution >= 0.6 is 0 Å². The van der Waals surface area contributed by atoms with E-state index >= 15 is 0 Å². The minimum absolute atomic E-state index is 0.0232. The van der Waals surface area contributed by atoms with Gasteiger partial charge in [0.2, 0.25) is 5.91 Å². The first-order valence-electron chi connectivity index (χ1n) is 6.06. The fraction of sp³-hybridized carbons (Fsp3) is 0.917. The molecule has 0 aromatic carbocycles. The lowest BCUT2D eigenvalue weighted by Gasteiger charge is -2.43. The van der Waals surface area contributed by atoms with Crippen LogP contribution in [0.3, 0.4) is 0 Å². The van der Waals surface area contributed by atoms with Crippen molar-refractivity contribution in [3.05, 3.63) is 0 Å². The molecule has 0 heterocycles. The molecule has 100 valence electrons. The molecular formula is C12H23NO4. The quantitative estimate of drug-likeness (QED) is 0.639. The molecule has 17 heavy (non-hydrogen) atoms. The zero-order valence-electron chi connectivity index (χ0n) is 10.7. The van der Waals surface area contributed by atoms with Gasteiger partial charge < -0.3 is 20.3 Å². The molecule has 1 saturated carbocycles. The van der Waals surface area contributed by atoms with Crippen LogP contribution in [0.2, 0.25) is 0 Å². The van der Waals surface area contributed by atoms with E-state index in [0.717, 1.165) is 6.42 Å². The maximum atomic E-state index is 11.2. The molecular weight excluding hydrogens is 222 g/mol. The van der Waals surface area contributed by atoms with Gasteiger partial charge in [0.15, 0.2) is 0 Å². The second-order valence-electron chi connectivity index (χ2n) is 4.97. The molecule has 1 fully saturated rings. The third kappa shape index (κ3) is 3.40. The summed E-state index contributed by atoms with van der Waals surface area (Å²) in [6.45, 7) is 3.89. The molecule has 1 rings (SSSR count). The Labute approximate surface area is 102 Å². The summed E-state index contributed by atoms with van der Waals surface area (Å²) in [5, 5.41) is 22.3. The Bertz CT molecular complexity index is 259. The van der Waals surface area contributed by atoms with E-state index in [9.17, 15) is 15.0 Å². The van der Waals surface area contributed by atoms with Crippen LogP contribution in [0.25, 0.3) is 0 Å². The smallest absolute Gasteiger partial charge is 0.217 e. The Balaban J connectivity index is 2.78. The maximum Gasteiger partial charge on any atom is 0.217 e. The first-order valence-corrected chi connectivity index (χ1v) is 6.06. The molecule has 0 bridgehead atoms. The van der Waals surface area contributed by atoms with Gasteiger partial charge >= 0.3 is 0 Å². The van der Waals surface area contributed by atoms with Gasteiger partial charge in [-0.1, -0.05) is 6.92 Å². The first-order chi connectivity index (χ1) is 8.01. The van der Waals surface area contributed by atoms with Gasteiger partial charge in [0.05, 0.1) is 18.8 Å². The fourth-order valence-electron chi connectivity index (χ4n) is 2.70. The topological polar surface area (TPSA) is 78.8 Å². The lowest BCUT2D eigenvalue weighted by molar-refractivity contribution is -0.124. The molecule has 0 aromatic rings. The second kappa shape index (κ2) is 6.33. The zero-order chi connectivity index (χ0) is 13.0. The summed E-state index contributed by atoms with van der Waals surface area (Å²) in [6, 6.07) is -0.287. The Morgan fingerprint density at radius 2 is 2.12 bits per heavy atom.